The van der Waals surface area contributed by atoms with Gasteiger partial charge in [-0.3, -0.25) is 14.4 Å². The van der Waals surface area contributed by atoms with Crippen LogP contribution in [-0.2, 0) is 23.1 Å². The number of aryl methyl sites for hydroxylation is 4. The van der Waals surface area contributed by atoms with Gasteiger partial charge in [-0.15, -0.1) is 0 Å². The fraction of sp³-hybridized carbons (Fsp3) is 0.630. The fourth-order valence-electron chi connectivity index (χ4n) is 5.28. The first kappa shape index (κ1) is 26.9. The Morgan fingerprint density at radius 1 is 1.19 bits per heavy atom. The number of aliphatic hydroxyl groups is 1. The lowest BCUT2D eigenvalue weighted by Crippen LogP contribution is -2.57. The molecule has 1 N–H and O–H groups in total. The van der Waals surface area contributed by atoms with Crippen molar-refractivity contribution in [2.45, 2.75) is 65.2 Å². The van der Waals surface area contributed by atoms with Crippen molar-refractivity contribution >= 4 is 17.5 Å². The molecule has 4 rings (SSSR count). The lowest BCUT2D eigenvalue weighted by Gasteiger charge is -2.43. The predicted octanol–water partition coefficient (Wildman–Crippen LogP) is 3.33. The molecule has 1 amide bonds. The molecule has 9 heteroatoms. The molecule has 2 saturated heterocycles. The van der Waals surface area contributed by atoms with Crippen molar-refractivity contribution in [2.75, 3.05) is 39.4 Å². The number of halogens is 1. The fourth-order valence-corrected chi connectivity index (χ4v) is 5.39. The second kappa shape index (κ2) is 11.1. The van der Waals surface area contributed by atoms with Crippen molar-refractivity contribution < 1.29 is 19.4 Å². The maximum Gasteiger partial charge on any atom is 0.225 e. The number of benzene rings is 1. The number of amides is 1. The van der Waals surface area contributed by atoms with Crippen molar-refractivity contribution in [1.29, 1.82) is 0 Å². The summed E-state index contributed by atoms with van der Waals surface area (Å²) in [7, 11) is 1.97. The summed E-state index contributed by atoms with van der Waals surface area (Å²) in [6.45, 7) is 12.1. The number of hydrogen-bond donors (Lipinski definition) is 1. The van der Waals surface area contributed by atoms with Crippen molar-refractivity contribution in [3.05, 3.63) is 45.2 Å². The Balaban J connectivity index is 1.54. The molecule has 0 radical (unpaired) electrons. The minimum atomic E-state index is -0.781. The molecule has 2 fully saturated rings. The molecule has 3 heterocycles. The highest BCUT2D eigenvalue weighted by atomic mass is 35.5. The Morgan fingerprint density at radius 2 is 1.86 bits per heavy atom. The van der Waals surface area contributed by atoms with Crippen LogP contribution in [0.3, 0.4) is 0 Å². The number of piperidine rings is 1. The standard InChI is InChI=1S/C27H39ClN4O4/c1-18-12-23(13-19(2)26(18)28)35-17-27(14-25(34)32-8-6-22(33)7-9-32)16-31(10-11-36-27)15-24-20(3)29-30(5)21(24)4/h12-13,22,33H,6-11,14-17H2,1-5H3/t27-/m1/s1. The molecule has 0 unspecified atom stereocenters. The summed E-state index contributed by atoms with van der Waals surface area (Å²) in [5.41, 5.74) is 4.52. The number of morpholine rings is 1. The maximum atomic E-state index is 13.4. The molecule has 36 heavy (non-hydrogen) atoms. The van der Waals surface area contributed by atoms with Gasteiger partial charge in [0.15, 0.2) is 0 Å². The minimum Gasteiger partial charge on any atom is -0.490 e. The van der Waals surface area contributed by atoms with Crippen LogP contribution in [0.4, 0.5) is 0 Å². The average Bonchev–Trinajstić information content (AvgIpc) is 3.07. The first-order chi connectivity index (χ1) is 17.1. The molecule has 1 atom stereocenters. The number of hydrogen-bond acceptors (Lipinski definition) is 6. The zero-order valence-electron chi connectivity index (χ0n) is 22.1. The highest BCUT2D eigenvalue weighted by Gasteiger charge is 2.41. The zero-order chi connectivity index (χ0) is 26.0. The zero-order valence-corrected chi connectivity index (χ0v) is 22.9. The molecule has 0 bridgehead atoms. The van der Waals surface area contributed by atoms with Gasteiger partial charge in [-0.2, -0.15) is 5.10 Å². The Hall–Kier alpha value is -2.13. The number of likely N-dealkylation sites (tertiary alicyclic amines) is 1. The lowest BCUT2D eigenvalue weighted by atomic mass is 9.95. The van der Waals surface area contributed by atoms with Gasteiger partial charge in [0.1, 0.15) is 18.0 Å². The Kier molecular flexibility index (Phi) is 8.29. The molecule has 0 saturated carbocycles. The van der Waals surface area contributed by atoms with E-state index in [1.165, 1.54) is 5.56 Å². The molecular weight excluding hydrogens is 480 g/mol. The van der Waals surface area contributed by atoms with Crippen LogP contribution in [0.15, 0.2) is 12.1 Å². The van der Waals surface area contributed by atoms with E-state index < -0.39 is 5.60 Å². The van der Waals surface area contributed by atoms with Gasteiger partial charge in [0, 0.05) is 56.1 Å². The van der Waals surface area contributed by atoms with E-state index in [1.807, 2.05) is 49.5 Å². The van der Waals surface area contributed by atoms with Crippen LogP contribution in [0, 0.1) is 27.7 Å². The van der Waals surface area contributed by atoms with Gasteiger partial charge < -0.3 is 19.5 Å². The van der Waals surface area contributed by atoms with Crippen LogP contribution in [0.5, 0.6) is 5.75 Å². The van der Waals surface area contributed by atoms with E-state index in [0.717, 1.165) is 46.4 Å². The molecule has 0 spiro atoms. The lowest BCUT2D eigenvalue weighted by molar-refractivity contribution is -0.158. The van der Waals surface area contributed by atoms with Crippen LogP contribution >= 0.6 is 11.6 Å². The summed E-state index contributed by atoms with van der Waals surface area (Å²) in [5, 5.41) is 15.2. The highest BCUT2D eigenvalue weighted by Crippen LogP contribution is 2.30. The minimum absolute atomic E-state index is 0.0459. The number of ether oxygens (including phenoxy) is 2. The molecule has 1 aromatic heterocycles. The van der Waals surface area contributed by atoms with Crippen molar-refractivity contribution in [3.63, 3.8) is 0 Å². The monoisotopic (exact) mass is 518 g/mol. The third-order valence-corrected chi connectivity index (χ3v) is 8.17. The highest BCUT2D eigenvalue weighted by molar-refractivity contribution is 6.32. The largest absolute Gasteiger partial charge is 0.490 e. The van der Waals surface area contributed by atoms with Crippen LogP contribution in [0.2, 0.25) is 5.02 Å². The Morgan fingerprint density at radius 3 is 2.47 bits per heavy atom. The first-order valence-electron chi connectivity index (χ1n) is 12.8. The number of aromatic nitrogens is 2. The summed E-state index contributed by atoms with van der Waals surface area (Å²) in [5.74, 6) is 0.770. The van der Waals surface area contributed by atoms with Crippen molar-refractivity contribution in [2.24, 2.45) is 7.05 Å². The first-order valence-corrected chi connectivity index (χ1v) is 13.2. The van der Waals surface area contributed by atoms with Gasteiger partial charge in [-0.05, 0) is 63.8 Å². The molecule has 198 valence electrons. The number of rotatable bonds is 7. The van der Waals surface area contributed by atoms with Gasteiger partial charge in [-0.1, -0.05) is 11.6 Å². The molecule has 2 aliphatic heterocycles. The van der Waals surface area contributed by atoms with Gasteiger partial charge in [0.05, 0.1) is 24.8 Å². The number of carbonyl (C=O) groups excluding carboxylic acids is 1. The second-order valence-electron chi connectivity index (χ2n) is 10.5. The van der Waals surface area contributed by atoms with Crippen LogP contribution in [0.1, 0.15) is 47.3 Å². The maximum absolute atomic E-state index is 13.4. The van der Waals surface area contributed by atoms with Crippen LogP contribution in [-0.4, -0.2) is 81.7 Å². The van der Waals surface area contributed by atoms with E-state index in [0.29, 0.717) is 39.1 Å². The Bertz CT molecular complexity index is 1070. The van der Waals surface area contributed by atoms with Crippen LogP contribution < -0.4 is 4.74 Å². The van der Waals surface area contributed by atoms with E-state index >= 15 is 0 Å². The molecule has 8 nitrogen and oxygen atoms in total. The van der Waals surface area contributed by atoms with E-state index in [9.17, 15) is 9.90 Å². The van der Waals surface area contributed by atoms with Gasteiger partial charge in [0.2, 0.25) is 5.91 Å². The summed E-state index contributed by atoms with van der Waals surface area (Å²) in [6.07, 6.45) is 1.14. The molecule has 2 aromatic rings. The summed E-state index contributed by atoms with van der Waals surface area (Å²) < 4.78 is 14.6. The van der Waals surface area contributed by atoms with Gasteiger partial charge in [0.25, 0.3) is 0 Å². The molecular formula is C27H39ClN4O4. The average molecular weight is 519 g/mol. The second-order valence-corrected chi connectivity index (χ2v) is 10.8. The topological polar surface area (TPSA) is 80.1 Å². The van der Waals surface area contributed by atoms with Crippen LogP contribution in [0.25, 0.3) is 0 Å². The number of aliphatic hydroxyl groups excluding tert-OH is 1. The summed E-state index contributed by atoms with van der Waals surface area (Å²) >= 11 is 6.35. The summed E-state index contributed by atoms with van der Waals surface area (Å²) in [6, 6.07) is 3.86. The van der Waals surface area contributed by atoms with Gasteiger partial charge in [-0.25, -0.2) is 0 Å². The SMILES string of the molecule is Cc1cc(OC[C@@]2(CC(=O)N3CCC(O)CC3)CN(Cc3c(C)nn(C)c3C)CCO2)cc(C)c1Cl. The number of nitrogens with zero attached hydrogens (tertiary/aromatic N) is 4. The summed E-state index contributed by atoms with van der Waals surface area (Å²) in [4.78, 5) is 17.6. The van der Waals surface area contributed by atoms with E-state index in [1.54, 1.807) is 0 Å². The normalized spacial score (nSPS) is 21.7. The van der Waals surface area contributed by atoms with E-state index in [2.05, 4.69) is 16.9 Å². The Labute approximate surface area is 219 Å². The molecule has 2 aliphatic rings. The number of carbonyl (C=O) groups is 1. The predicted molar refractivity (Wildman–Crippen MR) is 140 cm³/mol. The van der Waals surface area contributed by atoms with E-state index in [-0.39, 0.29) is 25.0 Å². The quantitative estimate of drug-likeness (QED) is 0.605. The van der Waals surface area contributed by atoms with E-state index in [4.69, 9.17) is 21.1 Å². The third kappa shape index (κ3) is 6.05. The third-order valence-electron chi connectivity index (χ3n) is 7.57. The smallest absolute Gasteiger partial charge is 0.225 e. The van der Waals surface area contributed by atoms with Crippen molar-refractivity contribution in [1.82, 2.24) is 19.6 Å². The molecule has 0 aliphatic carbocycles. The van der Waals surface area contributed by atoms with Crippen molar-refractivity contribution in [3.8, 4) is 5.75 Å². The molecule has 1 aromatic carbocycles. The van der Waals surface area contributed by atoms with Gasteiger partial charge >= 0.3 is 0 Å².